The lowest BCUT2D eigenvalue weighted by Crippen LogP contribution is -2.24. The summed E-state index contributed by atoms with van der Waals surface area (Å²) in [5.74, 6) is -0.178. The lowest BCUT2D eigenvalue weighted by Gasteiger charge is -2.27. The van der Waals surface area contributed by atoms with Crippen LogP contribution in [0.2, 0.25) is 5.02 Å². The third kappa shape index (κ3) is 4.18. The van der Waals surface area contributed by atoms with E-state index < -0.39 is 0 Å². The van der Waals surface area contributed by atoms with Crippen molar-refractivity contribution in [3.8, 4) is 11.4 Å². The van der Waals surface area contributed by atoms with Gasteiger partial charge in [0, 0.05) is 22.6 Å². The van der Waals surface area contributed by atoms with Gasteiger partial charge in [-0.3, -0.25) is 9.20 Å². The van der Waals surface area contributed by atoms with E-state index in [4.69, 9.17) is 27.3 Å². The minimum absolute atomic E-state index is 0.159. The van der Waals surface area contributed by atoms with Gasteiger partial charge in [-0.25, -0.2) is 9.97 Å². The van der Waals surface area contributed by atoms with Gasteiger partial charge in [-0.2, -0.15) is 0 Å². The fourth-order valence-electron chi connectivity index (χ4n) is 5.40. The average molecular weight is 528 g/mol. The molecule has 6 nitrogen and oxygen atoms in total. The second kappa shape index (κ2) is 9.32. The van der Waals surface area contributed by atoms with E-state index in [1.54, 1.807) is 23.5 Å². The highest BCUT2D eigenvalue weighted by atomic mass is 35.5. The van der Waals surface area contributed by atoms with E-state index in [1.165, 1.54) is 5.56 Å². The number of amides is 1. The molecule has 0 spiro atoms. The molecule has 37 heavy (non-hydrogen) atoms. The van der Waals surface area contributed by atoms with Crippen LogP contribution in [0.25, 0.3) is 17.0 Å². The molecule has 0 saturated heterocycles. The summed E-state index contributed by atoms with van der Waals surface area (Å²) in [5, 5.41) is 6.79. The van der Waals surface area contributed by atoms with E-state index in [2.05, 4.69) is 22.8 Å². The summed E-state index contributed by atoms with van der Waals surface area (Å²) in [6, 6.07) is 19.0. The minimum Gasteiger partial charge on any atom is -0.397 e. The monoisotopic (exact) mass is 527 g/mol. The molecule has 2 aromatic carbocycles. The summed E-state index contributed by atoms with van der Waals surface area (Å²) in [4.78, 5) is 22.7. The highest BCUT2D eigenvalue weighted by Gasteiger charge is 2.40. The Hall–Kier alpha value is -3.68. The van der Waals surface area contributed by atoms with Crippen LogP contribution in [-0.2, 0) is 5.41 Å². The van der Waals surface area contributed by atoms with Crippen LogP contribution < -0.4 is 11.1 Å². The number of nitrogen functional groups attached to an aromatic ring is 1. The molecule has 0 radical (unpaired) electrons. The van der Waals surface area contributed by atoms with Gasteiger partial charge in [-0.15, -0.1) is 11.3 Å². The van der Waals surface area contributed by atoms with E-state index in [0.717, 1.165) is 53.4 Å². The number of nitrogens with two attached hydrogens (primary N) is 1. The molecule has 1 fully saturated rings. The number of anilines is 2. The maximum atomic E-state index is 12.9. The molecule has 0 unspecified atom stereocenters. The normalized spacial score (nSPS) is 14.8. The topological polar surface area (TPSA) is 85.3 Å². The van der Waals surface area contributed by atoms with Crippen LogP contribution in [0.4, 0.5) is 11.4 Å². The van der Waals surface area contributed by atoms with Crippen molar-refractivity contribution in [3.63, 3.8) is 0 Å². The van der Waals surface area contributed by atoms with E-state index in [9.17, 15) is 4.79 Å². The molecule has 1 saturated carbocycles. The molecule has 6 rings (SSSR count). The Morgan fingerprint density at radius 3 is 2.57 bits per heavy atom. The van der Waals surface area contributed by atoms with E-state index in [0.29, 0.717) is 22.0 Å². The maximum absolute atomic E-state index is 12.9. The number of aromatic nitrogens is 3. The summed E-state index contributed by atoms with van der Waals surface area (Å²) in [7, 11) is 0. The van der Waals surface area contributed by atoms with Crippen molar-refractivity contribution in [2.24, 2.45) is 0 Å². The Kier molecular flexibility index (Phi) is 5.97. The zero-order valence-corrected chi connectivity index (χ0v) is 21.9. The SMILES string of the molecule is Cc1nc2ccc(Cl)cn2c1-c1csc(C2(c3ccc(C(=O)Nc4ccccc4N)cc3)CCCC2)n1. The Morgan fingerprint density at radius 2 is 1.81 bits per heavy atom. The van der Waals surface area contributed by atoms with Crippen molar-refractivity contribution in [3.05, 3.63) is 99.1 Å². The van der Waals surface area contributed by atoms with Crippen molar-refractivity contribution in [1.29, 1.82) is 0 Å². The number of pyridine rings is 1. The van der Waals surface area contributed by atoms with Gasteiger partial charge in [0.05, 0.1) is 27.8 Å². The molecule has 3 aromatic heterocycles. The molecule has 1 aliphatic rings. The average Bonchev–Trinajstić information content (AvgIpc) is 3.64. The number of benzene rings is 2. The zero-order valence-electron chi connectivity index (χ0n) is 20.4. The largest absolute Gasteiger partial charge is 0.397 e. The number of thiazole rings is 1. The number of aryl methyl sites for hydroxylation is 1. The lowest BCUT2D eigenvalue weighted by molar-refractivity contribution is 0.102. The molecular weight excluding hydrogens is 502 g/mol. The Bertz CT molecular complexity index is 1620. The molecule has 5 aromatic rings. The van der Waals surface area contributed by atoms with E-state index in [1.807, 2.05) is 53.9 Å². The molecule has 3 N–H and O–H groups in total. The second-order valence-corrected chi connectivity index (χ2v) is 10.9. The van der Waals surface area contributed by atoms with Crippen LogP contribution in [-0.4, -0.2) is 20.3 Å². The van der Waals surface area contributed by atoms with Crippen LogP contribution in [0, 0.1) is 6.92 Å². The number of fused-ring (bicyclic) bond motifs is 1. The number of carbonyl (C=O) groups is 1. The van der Waals surface area contributed by atoms with Gasteiger partial charge in [0.2, 0.25) is 0 Å². The standard InChI is InChI=1S/C29H26ClN5OS/c1-18-26(35-16-21(30)12-13-25(35)32-18)24-17-37-28(34-24)29(14-4-5-15-29)20-10-8-19(9-11-20)27(36)33-23-7-3-2-6-22(23)31/h2-3,6-13,16-17H,4-5,14-15,31H2,1H3,(H,33,36). The molecular formula is C29H26ClN5OS. The molecule has 1 amide bonds. The smallest absolute Gasteiger partial charge is 0.255 e. The summed E-state index contributed by atoms with van der Waals surface area (Å²) >= 11 is 7.98. The Balaban J connectivity index is 1.32. The van der Waals surface area contributed by atoms with Crippen molar-refractivity contribution < 1.29 is 4.79 Å². The predicted octanol–water partition coefficient (Wildman–Crippen LogP) is 7.11. The number of carbonyl (C=O) groups excluding carboxylic acids is 1. The highest BCUT2D eigenvalue weighted by molar-refractivity contribution is 7.10. The number of hydrogen-bond acceptors (Lipinski definition) is 5. The molecule has 0 bridgehead atoms. The first-order chi connectivity index (χ1) is 17.9. The first-order valence-corrected chi connectivity index (χ1v) is 13.6. The fraction of sp³-hybridized carbons (Fsp3) is 0.207. The number of nitrogens with zero attached hydrogens (tertiary/aromatic N) is 3. The lowest BCUT2D eigenvalue weighted by atomic mass is 9.79. The summed E-state index contributed by atoms with van der Waals surface area (Å²) in [6.45, 7) is 2.01. The first-order valence-electron chi connectivity index (χ1n) is 12.3. The van der Waals surface area contributed by atoms with Crippen LogP contribution in [0.3, 0.4) is 0 Å². The number of rotatable bonds is 5. The number of hydrogen-bond donors (Lipinski definition) is 2. The summed E-state index contributed by atoms with van der Waals surface area (Å²) < 4.78 is 2.02. The van der Waals surface area contributed by atoms with Crippen LogP contribution in [0.5, 0.6) is 0 Å². The third-order valence-electron chi connectivity index (χ3n) is 7.28. The number of imidazole rings is 1. The van der Waals surface area contributed by atoms with Gasteiger partial charge in [0.15, 0.2) is 0 Å². The van der Waals surface area contributed by atoms with Gasteiger partial charge in [0.25, 0.3) is 5.91 Å². The highest BCUT2D eigenvalue weighted by Crippen LogP contribution is 2.48. The number of nitrogens with one attached hydrogen (secondary N) is 1. The van der Waals surface area contributed by atoms with Crippen molar-refractivity contribution in [2.75, 3.05) is 11.1 Å². The summed E-state index contributed by atoms with van der Waals surface area (Å²) in [6.07, 6.45) is 6.25. The first kappa shape index (κ1) is 23.7. The Labute approximate surface area is 224 Å². The van der Waals surface area contributed by atoms with Gasteiger partial charge in [-0.1, -0.05) is 48.7 Å². The maximum Gasteiger partial charge on any atom is 0.255 e. The quantitative estimate of drug-likeness (QED) is 0.238. The molecule has 0 aliphatic heterocycles. The van der Waals surface area contributed by atoms with Crippen molar-refractivity contribution in [2.45, 2.75) is 38.0 Å². The minimum atomic E-state index is -0.178. The fourth-order valence-corrected chi connectivity index (χ4v) is 6.64. The van der Waals surface area contributed by atoms with Crippen LogP contribution in [0.15, 0.2) is 72.2 Å². The number of para-hydroxylation sites is 2. The van der Waals surface area contributed by atoms with Crippen molar-refractivity contribution >= 4 is 45.9 Å². The predicted molar refractivity (Wildman–Crippen MR) is 151 cm³/mol. The van der Waals surface area contributed by atoms with Crippen molar-refractivity contribution in [1.82, 2.24) is 14.4 Å². The Morgan fingerprint density at radius 1 is 1.05 bits per heavy atom. The van der Waals surface area contributed by atoms with Gasteiger partial charge in [-0.05, 0) is 61.7 Å². The third-order valence-corrected chi connectivity index (χ3v) is 8.55. The zero-order chi connectivity index (χ0) is 25.6. The van der Waals surface area contributed by atoms with Crippen LogP contribution in [0.1, 0.15) is 52.3 Å². The van der Waals surface area contributed by atoms with E-state index >= 15 is 0 Å². The molecule has 1 aliphatic carbocycles. The molecule has 8 heteroatoms. The molecule has 3 heterocycles. The van der Waals surface area contributed by atoms with Crippen LogP contribution >= 0.6 is 22.9 Å². The summed E-state index contributed by atoms with van der Waals surface area (Å²) in [5.41, 5.74) is 12.4. The second-order valence-electron chi connectivity index (χ2n) is 9.57. The van der Waals surface area contributed by atoms with Gasteiger partial charge >= 0.3 is 0 Å². The molecule has 0 atom stereocenters. The van der Waals surface area contributed by atoms with Gasteiger partial charge < -0.3 is 11.1 Å². The van der Waals surface area contributed by atoms with Gasteiger partial charge in [0.1, 0.15) is 16.3 Å². The number of halogens is 1. The van der Waals surface area contributed by atoms with E-state index in [-0.39, 0.29) is 11.3 Å². The molecule has 186 valence electrons.